The lowest BCUT2D eigenvalue weighted by Gasteiger charge is -2.21. The van der Waals surface area contributed by atoms with Crippen LogP contribution in [0.4, 0.5) is 5.69 Å². The van der Waals surface area contributed by atoms with Crippen LogP contribution < -0.4 is 4.90 Å². The molecule has 1 N–H and O–H groups in total. The van der Waals surface area contributed by atoms with Crippen molar-refractivity contribution < 1.29 is 4.79 Å². The largest absolute Gasteiger partial charge is 0.372 e. The van der Waals surface area contributed by atoms with Gasteiger partial charge in [-0.2, -0.15) is 0 Å². The lowest BCUT2D eigenvalue weighted by molar-refractivity contribution is -0.114. The number of nitrogens with zero attached hydrogens (tertiary/aromatic N) is 3. The van der Waals surface area contributed by atoms with Gasteiger partial charge in [0.15, 0.2) is 5.65 Å². The van der Waals surface area contributed by atoms with E-state index in [0.29, 0.717) is 6.42 Å². The fourth-order valence-corrected chi connectivity index (χ4v) is 3.20. The number of carbonyl (C=O) groups is 1. The zero-order valence-electron chi connectivity index (χ0n) is 15.9. The standard InChI is InChI=1S/C21H26N4O/c1-5-25(6-2)17-9-7-8-15(10-17)18-13-23-20-19(24-18)16(12-22-20)11-21(3,4)14-26/h7-10,12-14H,5-6,11H2,1-4H3,(H,22,23). The zero-order valence-corrected chi connectivity index (χ0v) is 15.9. The molecule has 26 heavy (non-hydrogen) atoms. The number of aromatic nitrogens is 3. The van der Waals surface area contributed by atoms with Crippen molar-refractivity contribution >= 4 is 23.1 Å². The third kappa shape index (κ3) is 3.62. The van der Waals surface area contributed by atoms with Crippen LogP contribution in [0.1, 0.15) is 33.3 Å². The van der Waals surface area contributed by atoms with Crippen molar-refractivity contribution in [3.05, 3.63) is 42.2 Å². The normalized spacial score (nSPS) is 11.7. The Morgan fingerprint density at radius 2 is 2.00 bits per heavy atom. The predicted octanol–water partition coefficient (Wildman–Crippen LogP) is 4.24. The van der Waals surface area contributed by atoms with E-state index in [1.165, 1.54) is 5.69 Å². The lowest BCUT2D eigenvalue weighted by atomic mass is 9.88. The summed E-state index contributed by atoms with van der Waals surface area (Å²) in [5.74, 6) is 0. The molecule has 0 saturated heterocycles. The zero-order chi connectivity index (χ0) is 18.7. The molecule has 0 atom stereocenters. The highest BCUT2D eigenvalue weighted by molar-refractivity contribution is 5.79. The molecule has 0 spiro atoms. The molecular weight excluding hydrogens is 324 g/mol. The van der Waals surface area contributed by atoms with Gasteiger partial charge in [0.25, 0.3) is 0 Å². The number of aromatic amines is 1. The molecule has 0 aliphatic rings. The van der Waals surface area contributed by atoms with Crippen LogP contribution >= 0.6 is 0 Å². The number of H-pyrrole nitrogens is 1. The topological polar surface area (TPSA) is 61.9 Å². The first-order valence-electron chi connectivity index (χ1n) is 9.12. The summed E-state index contributed by atoms with van der Waals surface area (Å²) in [6.07, 6.45) is 5.34. The van der Waals surface area contributed by atoms with Gasteiger partial charge in [-0.05, 0) is 38.0 Å². The van der Waals surface area contributed by atoms with Gasteiger partial charge in [-0.15, -0.1) is 0 Å². The van der Waals surface area contributed by atoms with Gasteiger partial charge in [-0.25, -0.2) is 9.97 Å². The Morgan fingerprint density at radius 1 is 1.23 bits per heavy atom. The minimum absolute atomic E-state index is 0.421. The van der Waals surface area contributed by atoms with E-state index in [4.69, 9.17) is 4.98 Å². The van der Waals surface area contributed by atoms with Gasteiger partial charge in [0.05, 0.1) is 11.9 Å². The molecule has 0 aliphatic carbocycles. The summed E-state index contributed by atoms with van der Waals surface area (Å²) in [5.41, 5.74) is 5.27. The second-order valence-electron chi connectivity index (χ2n) is 7.27. The highest BCUT2D eigenvalue weighted by Gasteiger charge is 2.20. The van der Waals surface area contributed by atoms with E-state index in [1.54, 1.807) is 6.20 Å². The van der Waals surface area contributed by atoms with Crippen molar-refractivity contribution in [1.82, 2.24) is 15.0 Å². The van der Waals surface area contributed by atoms with Crippen molar-refractivity contribution in [3.63, 3.8) is 0 Å². The average molecular weight is 350 g/mol. The molecule has 0 aliphatic heterocycles. The van der Waals surface area contributed by atoms with Gasteiger partial charge in [-0.1, -0.05) is 26.0 Å². The lowest BCUT2D eigenvalue weighted by Crippen LogP contribution is -2.21. The van der Waals surface area contributed by atoms with Crippen molar-refractivity contribution in [2.24, 2.45) is 5.41 Å². The van der Waals surface area contributed by atoms with E-state index in [1.807, 2.05) is 20.0 Å². The number of carbonyl (C=O) groups excluding carboxylic acids is 1. The molecule has 0 amide bonds. The molecule has 3 aromatic rings. The Balaban J connectivity index is 2.01. The molecule has 136 valence electrons. The first kappa shape index (κ1) is 18.1. The summed E-state index contributed by atoms with van der Waals surface area (Å²) >= 11 is 0. The Bertz CT molecular complexity index is 909. The van der Waals surface area contributed by atoms with Crippen LogP contribution in [0.3, 0.4) is 0 Å². The Hall–Kier alpha value is -2.69. The third-order valence-electron chi connectivity index (χ3n) is 4.70. The Kier molecular flexibility index (Phi) is 5.07. The molecule has 3 rings (SSSR count). The molecule has 0 fully saturated rings. The summed E-state index contributed by atoms with van der Waals surface area (Å²) < 4.78 is 0. The third-order valence-corrected chi connectivity index (χ3v) is 4.70. The molecule has 5 nitrogen and oxygen atoms in total. The maximum atomic E-state index is 11.3. The molecule has 0 radical (unpaired) electrons. The maximum Gasteiger partial charge on any atom is 0.156 e. The molecule has 2 aromatic heterocycles. The Labute approximate surface area is 154 Å². The highest BCUT2D eigenvalue weighted by Crippen LogP contribution is 2.27. The van der Waals surface area contributed by atoms with Crippen LogP contribution in [-0.2, 0) is 11.2 Å². The fraction of sp³-hybridized carbons (Fsp3) is 0.381. The van der Waals surface area contributed by atoms with Crippen LogP contribution in [0.25, 0.3) is 22.4 Å². The van der Waals surface area contributed by atoms with Gasteiger partial charge < -0.3 is 14.7 Å². The minimum atomic E-state index is -0.421. The average Bonchev–Trinajstić information content (AvgIpc) is 3.04. The number of nitrogens with one attached hydrogen (secondary N) is 1. The van der Waals surface area contributed by atoms with E-state index in [9.17, 15) is 4.79 Å². The fourth-order valence-electron chi connectivity index (χ4n) is 3.20. The van der Waals surface area contributed by atoms with Gasteiger partial charge >= 0.3 is 0 Å². The number of aldehydes is 1. The van der Waals surface area contributed by atoms with Crippen LogP contribution in [0.2, 0.25) is 0 Å². The van der Waals surface area contributed by atoms with Gasteiger partial charge in [0.1, 0.15) is 11.8 Å². The number of benzene rings is 1. The summed E-state index contributed by atoms with van der Waals surface area (Å²) in [6, 6.07) is 8.40. The molecule has 2 heterocycles. The second-order valence-corrected chi connectivity index (χ2v) is 7.27. The molecule has 0 bridgehead atoms. The van der Waals surface area contributed by atoms with Crippen molar-refractivity contribution in [2.75, 3.05) is 18.0 Å². The SMILES string of the molecule is CCN(CC)c1cccc(-c2cnc3[nH]cc(CC(C)(C)C=O)c3n2)c1. The van der Waals surface area contributed by atoms with E-state index >= 15 is 0 Å². The molecule has 1 aromatic carbocycles. The monoisotopic (exact) mass is 350 g/mol. The van der Waals surface area contributed by atoms with Crippen molar-refractivity contribution in [3.8, 4) is 11.3 Å². The summed E-state index contributed by atoms with van der Waals surface area (Å²) in [4.78, 5) is 26.1. The summed E-state index contributed by atoms with van der Waals surface area (Å²) in [6.45, 7) is 10.1. The summed E-state index contributed by atoms with van der Waals surface area (Å²) in [5, 5.41) is 0. The highest BCUT2D eigenvalue weighted by atomic mass is 16.1. The van der Waals surface area contributed by atoms with Gasteiger partial charge in [-0.3, -0.25) is 0 Å². The van der Waals surface area contributed by atoms with Crippen molar-refractivity contribution in [2.45, 2.75) is 34.1 Å². The van der Waals surface area contributed by atoms with Crippen LogP contribution in [-0.4, -0.2) is 34.3 Å². The van der Waals surface area contributed by atoms with Crippen LogP contribution in [0.5, 0.6) is 0 Å². The van der Waals surface area contributed by atoms with E-state index < -0.39 is 5.41 Å². The predicted molar refractivity (Wildman–Crippen MR) is 106 cm³/mol. The van der Waals surface area contributed by atoms with Crippen LogP contribution in [0.15, 0.2) is 36.7 Å². The molecule has 5 heteroatoms. The number of rotatable bonds is 7. The molecular formula is C21H26N4O. The number of hydrogen-bond acceptors (Lipinski definition) is 4. The van der Waals surface area contributed by atoms with E-state index in [0.717, 1.165) is 47.4 Å². The Morgan fingerprint density at radius 3 is 2.69 bits per heavy atom. The first-order chi connectivity index (χ1) is 12.5. The van der Waals surface area contributed by atoms with Crippen LogP contribution in [0, 0.1) is 5.41 Å². The number of fused-ring (bicyclic) bond motifs is 1. The quantitative estimate of drug-likeness (QED) is 0.648. The second kappa shape index (κ2) is 7.28. The van der Waals surface area contributed by atoms with Gasteiger partial charge in [0.2, 0.25) is 0 Å². The van der Waals surface area contributed by atoms with Crippen molar-refractivity contribution in [1.29, 1.82) is 0 Å². The molecule has 0 unspecified atom stereocenters. The number of hydrogen-bond donors (Lipinski definition) is 1. The van der Waals surface area contributed by atoms with E-state index in [-0.39, 0.29) is 0 Å². The minimum Gasteiger partial charge on any atom is -0.372 e. The first-order valence-corrected chi connectivity index (χ1v) is 9.12. The molecule has 0 saturated carbocycles. The van der Waals surface area contributed by atoms with Gasteiger partial charge in [0, 0.05) is 36.0 Å². The summed E-state index contributed by atoms with van der Waals surface area (Å²) in [7, 11) is 0. The van der Waals surface area contributed by atoms with E-state index in [2.05, 4.69) is 53.0 Å². The smallest absolute Gasteiger partial charge is 0.156 e. The maximum absolute atomic E-state index is 11.3. The number of anilines is 1.